The number of nitrogens with two attached hydrogens (primary N) is 1. The van der Waals surface area contributed by atoms with E-state index in [9.17, 15) is 4.79 Å². The molecule has 2 N–H and O–H groups in total. The second-order valence-electron chi connectivity index (χ2n) is 4.11. The Morgan fingerprint density at radius 3 is 2.67 bits per heavy atom. The molecule has 0 aliphatic heterocycles. The molecule has 1 atom stereocenters. The van der Waals surface area contributed by atoms with Gasteiger partial charge in [0.05, 0.1) is 12.1 Å². The summed E-state index contributed by atoms with van der Waals surface area (Å²) in [7, 11) is 1.78. The van der Waals surface area contributed by atoms with E-state index in [-0.39, 0.29) is 17.6 Å². The summed E-state index contributed by atoms with van der Waals surface area (Å²) in [4.78, 5) is 11.8. The lowest BCUT2D eigenvalue weighted by atomic mass is 9.89. The molecule has 0 aliphatic carbocycles. The summed E-state index contributed by atoms with van der Waals surface area (Å²) in [5.41, 5.74) is 6.28. The van der Waals surface area contributed by atoms with E-state index in [1.807, 2.05) is 13.8 Å². The number of hydrogen-bond acceptors (Lipinski definition) is 4. The first-order valence-electron chi connectivity index (χ1n) is 5.12. The van der Waals surface area contributed by atoms with Gasteiger partial charge in [-0.1, -0.05) is 19.1 Å². The van der Waals surface area contributed by atoms with E-state index in [4.69, 9.17) is 5.73 Å². The number of hydrogen-bond donors (Lipinski definition) is 1. The van der Waals surface area contributed by atoms with Gasteiger partial charge in [0.25, 0.3) is 0 Å². The van der Waals surface area contributed by atoms with Crippen LogP contribution in [0.5, 0.6) is 0 Å². The average molecular weight is 210 g/mol. The Morgan fingerprint density at radius 2 is 2.27 bits per heavy atom. The third-order valence-corrected chi connectivity index (χ3v) is 2.48. The number of Topliss-reactive ketones (excluding diaryl/α,β-unsaturated/α-hetero) is 1. The Balaban J connectivity index is 2.62. The predicted octanol–water partition coefficient (Wildman–Crippen LogP) is 0.158. The summed E-state index contributed by atoms with van der Waals surface area (Å²) in [6.45, 7) is 4.41. The molecular formula is C10H18N4O. The Kier molecular flexibility index (Phi) is 3.96. The fraction of sp³-hybridized carbons (Fsp3) is 0.700. The van der Waals surface area contributed by atoms with Gasteiger partial charge in [-0.2, -0.15) is 0 Å². The zero-order chi connectivity index (χ0) is 11.4. The van der Waals surface area contributed by atoms with Crippen LogP contribution >= 0.6 is 0 Å². The maximum Gasteiger partial charge on any atom is 0.143 e. The largest absolute Gasteiger partial charge is 0.330 e. The van der Waals surface area contributed by atoms with Crippen molar-refractivity contribution in [1.82, 2.24) is 15.0 Å². The zero-order valence-corrected chi connectivity index (χ0v) is 9.47. The smallest absolute Gasteiger partial charge is 0.143 e. The van der Waals surface area contributed by atoms with E-state index in [0.29, 0.717) is 18.7 Å². The van der Waals surface area contributed by atoms with Gasteiger partial charge in [0.1, 0.15) is 5.78 Å². The van der Waals surface area contributed by atoms with Crippen molar-refractivity contribution in [3.8, 4) is 0 Å². The molecule has 0 fully saturated rings. The molecule has 0 spiro atoms. The Bertz CT molecular complexity index is 332. The van der Waals surface area contributed by atoms with Gasteiger partial charge in [-0.25, -0.2) is 0 Å². The standard InChI is InChI=1S/C10H18N4O/c1-7(2)9(5-11)10(15)4-8-6-14(3)13-12-8/h6-7,9H,4-5,11H2,1-3H3. The van der Waals surface area contributed by atoms with Crippen LogP contribution in [0.1, 0.15) is 19.5 Å². The number of aryl methyl sites for hydroxylation is 1. The molecular weight excluding hydrogens is 192 g/mol. The third-order valence-electron chi connectivity index (χ3n) is 2.48. The fourth-order valence-corrected chi connectivity index (χ4v) is 1.56. The molecule has 1 rings (SSSR count). The molecule has 0 aliphatic rings. The maximum atomic E-state index is 11.8. The summed E-state index contributed by atoms with van der Waals surface area (Å²) in [6.07, 6.45) is 2.08. The molecule has 1 unspecified atom stereocenters. The Morgan fingerprint density at radius 1 is 1.60 bits per heavy atom. The molecule has 0 bridgehead atoms. The number of carbonyl (C=O) groups is 1. The molecule has 1 aromatic rings. The van der Waals surface area contributed by atoms with Gasteiger partial charge >= 0.3 is 0 Å². The van der Waals surface area contributed by atoms with E-state index < -0.39 is 0 Å². The molecule has 84 valence electrons. The van der Waals surface area contributed by atoms with E-state index in [1.54, 1.807) is 17.9 Å². The van der Waals surface area contributed by atoms with Gasteiger partial charge in [0, 0.05) is 25.7 Å². The van der Waals surface area contributed by atoms with Crippen LogP contribution in [-0.4, -0.2) is 27.3 Å². The van der Waals surface area contributed by atoms with Crippen LogP contribution in [-0.2, 0) is 18.3 Å². The van der Waals surface area contributed by atoms with Crippen molar-refractivity contribution < 1.29 is 4.79 Å². The lowest BCUT2D eigenvalue weighted by Crippen LogP contribution is -2.29. The first kappa shape index (κ1) is 11.8. The minimum atomic E-state index is -0.0768. The van der Waals surface area contributed by atoms with Gasteiger partial charge < -0.3 is 5.73 Å². The summed E-state index contributed by atoms with van der Waals surface area (Å²) in [5.74, 6) is 0.346. The zero-order valence-electron chi connectivity index (χ0n) is 9.47. The number of aromatic nitrogens is 3. The highest BCUT2D eigenvalue weighted by Crippen LogP contribution is 2.12. The highest BCUT2D eigenvalue weighted by atomic mass is 16.1. The Hall–Kier alpha value is -1.23. The lowest BCUT2D eigenvalue weighted by Gasteiger charge is -2.16. The van der Waals surface area contributed by atoms with Gasteiger partial charge in [0.2, 0.25) is 0 Å². The topological polar surface area (TPSA) is 73.8 Å². The lowest BCUT2D eigenvalue weighted by molar-refractivity contribution is -0.123. The summed E-state index contributed by atoms with van der Waals surface area (Å²) < 4.78 is 1.59. The van der Waals surface area contributed by atoms with E-state index >= 15 is 0 Å². The van der Waals surface area contributed by atoms with Crippen molar-refractivity contribution in [2.75, 3.05) is 6.54 Å². The molecule has 0 aromatic carbocycles. The van der Waals surface area contributed by atoms with Crippen molar-refractivity contribution in [3.05, 3.63) is 11.9 Å². The van der Waals surface area contributed by atoms with Crippen LogP contribution in [0.25, 0.3) is 0 Å². The molecule has 0 radical (unpaired) electrons. The number of nitrogens with zero attached hydrogens (tertiary/aromatic N) is 3. The van der Waals surface area contributed by atoms with Crippen molar-refractivity contribution in [2.24, 2.45) is 24.6 Å². The average Bonchev–Trinajstić information content (AvgIpc) is 2.51. The highest BCUT2D eigenvalue weighted by molar-refractivity contribution is 5.83. The van der Waals surface area contributed by atoms with Crippen molar-refractivity contribution in [1.29, 1.82) is 0 Å². The molecule has 5 nitrogen and oxygen atoms in total. The minimum Gasteiger partial charge on any atom is -0.330 e. The second kappa shape index (κ2) is 5.02. The molecule has 5 heteroatoms. The SMILES string of the molecule is CC(C)C(CN)C(=O)Cc1cn(C)nn1. The van der Waals surface area contributed by atoms with Crippen LogP contribution in [0.2, 0.25) is 0 Å². The quantitative estimate of drug-likeness (QED) is 0.751. The van der Waals surface area contributed by atoms with Gasteiger partial charge in [-0.05, 0) is 5.92 Å². The summed E-state index contributed by atoms with van der Waals surface area (Å²) >= 11 is 0. The molecule has 1 aromatic heterocycles. The monoisotopic (exact) mass is 210 g/mol. The first-order chi connectivity index (χ1) is 7.04. The molecule has 0 saturated heterocycles. The minimum absolute atomic E-state index is 0.0768. The van der Waals surface area contributed by atoms with Crippen LogP contribution in [0, 0.1) is 11.8 Å². The molecule has 15 heavy (non-hydrogen) atoms. The molecule has 0 saturated carbocycles. The molecule has 1 heterocycles. The van der Waals surface area contributed by atoms with Crippen LogP contribution in [0.3, 0.4) is 0 Å². The number of ketones is 1. The highest BCUT2D eigenvalue weighted by Gasteiger charge is 2.21. The van der Waals surface area contributed by atoms with Crippen molar-refractivity contribution >= 4 is 5.78 Å². The van der Waals surface area contributed by atoms with E-state index in [0.717, 1.165) is 0 Å². The van der Waals surface area contributed by atoms with Gasteiger partial charge in [-0.15, -0.1) is 5.10 Å². The number of carbonyl (C=O) groups excluding carboxylic acids is 1. The fourth-order valence-electron chi connectivity index (χ4n) is 1.56. The van der Waals surface area contributed by atoms with Crippen LogP contribution in [0.4, 0.5) is 0 Å². The molecule has 0 amide bonds. The van der Waals surface area contributed by atoms with E-state index in [2.05, 4.69) is 10.3 Å². The normalized spacial score (nSPS) is 13.1. The summed E-state index contributed by atoms with van der Waals surface area (Å²) in [6, 6.07) is 0. The third kappa shape index (κ3) is 3.13. The maximum absolute atomic E-state index is 11.8. The first-order valence-corrected chi connectivity index (χ1v) is 5.12. The van der Waals surface area contributed by atoms with Crippen molar-refractivity contribution in [3.63, 3.8) is 0 Å². The van der Waals surface area contributed by atoms with Crippen LogP contribution in [0.15, 0.2) is 6.20 Å². The second-order valence-corrected chi connectivity index (χ2v) is 4.11. The van der Waals surface area contributed by atoms with Crippen molar-refractivity contribution in [2.45, 2.75) is 20.3 Å². The van der Waals surface area contributed by atoms with Gasteiger partial charge in [0.15, 0.2) is 0 Å². The number of rotatable bonds is 5. The summed E-state index contributed by atoms with van der Waals surface area (Å²) in [5, 5.41) is 7.67. The Labute approximate surface area is 89.6 Å². The predicted molar refractivity (Wildman–Crippen MR) is 57.1 cm³/mol. The van der Waals surface area contributed by atoms with E-state index in [1.165, 1.54) is 0 Å². The van der Waals surface area contributed by atoms with Crippen LogP contribution < -0.4 is 5.73 Å². The van der Waals surface area contributed by atoms with Gasteiger partial charge in [-0.3, -0.25) is 9.48 Å².